The van der Waals surface area contributed by atoms with Gasteiger partial charge in [0.15, 0.2) is 5.16 Å². The molecule has 3 aromatic rings. The van der Waals surface area contributed by atoms with Crippen molar-refractivity contribution < 1.29 is 14.4 Å². The van der Waals surface area contributed by atoms with E-state index in [2.05, 4.69) is 26.1 Å². The van der Waals surface area contributed by atoms with Gasteiger partial charge in [-0.15, -0.1) is 10.2 Å². The van der Waals surface area contributed by atoms with E-state index >= 15 is 0 Å². The molecule has 0 spiro atoms. The lowest BCUT2D eigenvalue weighted by Crippen LogP contribution is -2.53. The molecule has 32 heavy (non-hydrogen) atoms. The lowest BCUT2D eigenvalue weighted by atomic mass is 10.1. The van der Waals surface area contributed by atoms with Crippen LogP contribution in [0.4, 0.5) is 10.5 Å². The number of amides is 4. The summed E-state index contributed by atoms with van der Waals surface area (Å²) >= 11 is 1.27. The second kappa shape index (κ2) is 9.65. The first-order valence-electron chi connectivity index (χ1n) is 10.1. The average molecular weight is 451 g/mol. The van der Waals surface area contributed by atoms with Gasteiger partial charge in [0.25, 0.3) is 0 Å². The minimum Gasteiger partial charge on any atom is -0.334 e. The Labute approximate surface area is 189 Å². The van der Waals surface area contributed by atoms with Crippen LogP contribution in [0.15, 0.2) is 59.8 Å². The SMILES string of the molecule is Cc1cccc(NC(=O)CSc2nnc(CC3CC(=O)NC(=O)N3)n2-c2ccccc2)c1. The molecule has 3 N–H and O–H groups in total. The van der Waals surface area contributed by atoms with E-state index in [1.54, 1.807) is 0 Å². The van der Waals surface area contributed by atoms with E-state index in [4.69, 9.17) is 0 Å². The van der Waals surface area contributed by atoms with Gasteiger partial charge in [0, 0.05) is 30.3 Å². The van der Waals surface area contributed by atoms with Crippen molar-refractivity contribution in [1.29, 1.82) is 0 Å². The summed E-state index contributed by atoms with van der Waals surface area (Å²) in [6.45, 7) is 1.96. The highest BCUT2D eigenvalue weighted by Crippen LogP contribution is 2.23. The van der Waals surface area contributed by atoms with Gasteiger partial charge in [0.2, 0.25) is 11.8 Å². The fourth-order valence-corrected chi connectivity index (χ4v) is 4.20. The van der Waals surface area contributed by atoms with E-state index in [-0.39, 0.29) is 30.0 Å². The van der Waals surface area contributed by atoms with Crippen LogP contribution in [0.5, 0.6) is 0 Å². The summed E-state index contributed by atoms with van der Waals surface area (Å²) in [5.74, 6) is 0.271. The third-order valence-corrected chi connectivity index (χ3v) is 5.73. The number of carbonyl (C=O) groups excluding carboxylic acids is 3. The molecule has 9 nitrogen and oxygen atoms in total. The normalized spacial score (nSPS) is 15.7. The maximum Gasteiger partial charge on any atom is 0.321 e. The Morgan fingerprint density at radius 3 is 2.72 bits per heavy atom. The Morgan fingerprint density at radius 1 is 1.16 bits per heavy atom. The molecule has 2 heterocycles. The Hall–Kier alpha value is -3.66. The summed E-state index contributed by atoms with van der Waals surface area (Å²) in [7, 11) is 0. The van der Waals surface area contributed by atoms with E-state index in [0.717, 1.165) is 16.9 Å². The number of carbonyl (C=O) groups is 3. The van der Waals surface area contributed by atoms with Gasteiger partial charge in [0.05, 0.1) is 5.75 Å². The molecule has 4 amide bonds. The van der Waals surface area contributed by atoms with E-state index in [1.807, 2.05) is 66.1 Å². The van der Waals surface area contributed by atoms with Crippen LogP contribution in [-0.4, -0.2) is 44.4 Å². The Kier molecular flexibility index (Phi) is 6.50. The summed E-state index contributed by atoms with van der Waals surface area (Å²) < 4.78 is 1.85. The lowest BCUT2D eigenvalue weighted by molar-refractivity contribution is -0.121. The molecule has 2 aromatic carbocycles. The highest BCUT2D eigenvalue weighted by atomic mass is 32.2. The van der Waals surface area contributed by atoms with Gasteiger partial charge in [0.1, 0.15) is 5.82 Å². The minimum atomic E-state index is -0.514. The van der Waals surface area contributed by atoms with E-state index in [0.29, 0.717) is 17.4 Å². The predicted molar refractivity (Wildman–Crippen MR) is 121 cm³/mol. The molecule has 4 rings (SSSR count). The van der Waals surface area contributed by atoms with Gasteiger partial charge >= 0.3 is 6.03 Å². The fraction of sp³-hybridized carbons (Fsp3) is 0.227. The number of aryl methyl sites for hydroxylation is 1. The van der Waals surface area contributed by atoms with Crippen molar-refractivity contribution in [3.8, 4) is 5.69 Å². The Morgan fingerprint density at radius 2 is 1.97 bits per heavy atom. The molecule has 1 saturated heterocycles. The first-order chi connectivity index (χ1) is 15.5. The molecular formula is C22H22N6O3S. The zero-order valence-corrected chi connectivity index (χ0v) is 18.2. The number of nitrogens with one attached hydrogen (secondary N) is 3. The largest absolute Gasteiger partial charge is 0.334 e. The number of benzene rings is 2. The van der Waals surface area contributed by atoms with E-state index < -0.39 is 6.03 Å². The van der Waals surface area contributed by atoms with Gasteiger partial charge < -0.3 is 10.6 Å². The number of thioether (sulfide) groups is 1. The molecule has 1 unspecified atom stereocenters. The van der Waals surface area contributed by atoms with Gasteiger partial charge in [-0.05, 0) is 36.8 Å². The topological polar surface area (TPSA) is 118 Å². The van der Waals surface area contributed by atoms with Gasteiger partial charge in [-0.1, -0.05) is 42.1 Å². The number of para-hydroxylation sites is 1. The van der Waals surface area contributed by atoms with Crippen LogP contribution in [0.2, 0.25) is 0 Å². The zero-order chi connectivity index (χ0) is 22.5. The number of aromatic nitrogens is 3. The van der Waals surface area contributed by atoms with Crippen molar-refractivity contribution in [3.05, 3.63) is 66.0 Å². The number of rotatable bonds is 7. The first kappa shape index (κ1) is 21.6. The number of imide groups is 1. The van der Waals surface area contributed by atoms with Crippen molar-refractivity contribution in [2.75, 3.05) is 11.1 Å². The molecule has 1 atom stereocenters. The second-order valence-electron chi connectivity index (χ2n) is 7.40. The third-order valence-electron chi connectivity index (χ3n) is 4.80. The zero-order valence-electron chi connectivity index (χ0n) is 17.4. The maximum absolute atomic E-state index is 12.5. The predicted octanol–water partition coefficient (Wildman–Crippen LogP) is 2.45. The summed E-state index contributed by atoms with van der Waals surface area (Å²) in [6.07, 6.45) is 0.492. The number of urea groups is 1. The molecule has 1 aromatic heterocycles. The molecule has 0 aliphatic carbocycles. The van der Waals surface area contributed by atoms with Crippen molar-refractivity contribution >= 4 is 35.3 Å². The van der Waals surface area contributed by atoms with Crippen LogP contribution in [0.1, 0.15) is 17.8 Å². The van der Waals surface area contributed by atoms with Gasteiger partial charge in [-0.2, -0.15) is 0 Å². The van der Waals surface area contributed by atoms with Crippen LogP contribution in [0.3, 0.4) is 0 Å². The number of hydrogen-bond acceptors (Lipinski definition) is 6. The van der Waals surface area contributed by atoms with Gasteiger partial charge in [-0.3, -0.25) is 19.5 Å². The monoisotopic (exact) mass is 450 g/mol. The summed E-state index contributed by atoms with van der Waals surface area (Å²) in [5.41, 5.74) is 2.64. The summed E-state index contributed by atoms with van der Waals surface area (Å²) in [6, 6.07) is 16.2. The molecule has 1 fully saturated rings. The van der Waals surface area contributed by atoms with Crippen molar-refractivity contribution in [1.82, 2.24) is 25.4 Å². The highest BCUT2D eigenvalue weighted by Gasteiger charge is 2.27. The van der Waals surface area contributed by atoms with Gasteiger partial charge in [-0.25, -0.2) is 4.79 Å². The second-order valence-corrected chi connectivity index (χ2v) is 8.35. The molecule has 10 heteroatoms. The molecule has 1 aliphatic rings. The Balaban J connectivity index is 1.51. The third kappa shape index (κ3) is 5.33. The number of nitrogens with zero attached hydrogens (tertiary/aromatic N) is 3. The van der Waals surface area contributed by atoms with E-state index in [9.17, 15) is 14.4 Å². The lowest BCUT2D eigenvalue weighted by Gasteiger charge is -2.23. The summed E-state index contributed by atoms with van der Waals surface area (Å²) in [4.78, 5) is 35.8. The quantitative estimate of drug-likeness (QED) is 0.476. The van der Waals surface area contributed by atoms with Crippen molar-refractivity contribution in [2.24, 2.45) is 0 Å². The molecular weight excluding hydrogens is 428 g/mol. The fourth-order valence-electron chi connectivity index (χ4n) is 3.43. The molecule has 1 aliphatic heterocycles. The van der Waals surface area contributed by atoms with Crippen LogP contribution in [0.25, 0.3) is 5.69 Å². The number of anilines is 1. The van der Waals surface area contributed by atoms with Crippen molar-refractivity contribution in [3.63, 3.8) is 0 Å². The average Bonchev–Trinajstić information content (AvgIpc) is 3.14. The Bertz CT molecular complexity index is 1130. The van der Waals surface area contributed by atoms with Crippen LogP contribution in [-0.2, 0) is 16.0 Å². The summed E-state index contributed by atoms with van der Waals surface area (Å²) in [5, 5.41) is 17.0. The number of hydrogen-bond donors (Lipinski definition) is 3. The maximum atomic E-state index is 12.5. The van der Waals surface area contributed by atoms with Crippen LogP contribution >= 0.6 is 11.8 Å². The standard InChI is InChI=1S/C22H22N6O3S/c1-14-6-5-7-15(10-14)23-20(30)13-32-22-27-26-18(28(22)17-8-3-2-4-9-17)11-16-12-19(29)25-21(31)24-16/h2-10,16H,11-13H2,1H3,(H,23,30)(H2,24,25,29,31). The molecule has 0 saturated carbocycles. The smallest absolute Gasteiger partial charge is 0.321 e. The molecule has 0 radical (unpaired) electrons. The van der Waals surface area contributed by atoms with Crippen molar-refractivity contribution in [2.45, 2.75) is 31.0 Å². The minimum absolute atomic E-state index is 0.152. The van der Waals surface area contributed by atoms with E-state index in [1.165, 1.54) is 11.8 Å². The highest BCUT2D eigenvalue weighted by molar-refractivity contribution is 7.99. The first-order valence-corrected chi connectivity index (χ1v) is 11.1. The molecule has 164 valence electrons. The molecule has 0 bridgehead atoms. The van der Waals surface area contributed by atoms with Crippen LogP contribution < -0.4 is 16.0 Å². The van der Waals surface area contributed by atoms with Crippen LogP contribution in [0, 0.1) is 6.92 Å².